The van der Waals surface area contributed by atoms with Crippen molar-refractivity contribution in [1.82, 2.24) is 5.32 Å². The summed E-state index contributed by atoms with van der Waals surface area (Å²) < 4.78 is 87.7. The summed E-state index contributed by atoms with van der Waals surface area (Å²) in [6.07, 6.45) is 16.5. The fourth-order valence-corrected chi connectivity index (χ4v) is 8.73. The van der Waals surface area contributed by atoms with Crippen molar-refractivity contribution in [3.63, 3.8) is 0 Å². The van der Waals surface area contributed by atoms with Gasteiger partial charge in [-0.2, -0.15) is 5.26 Å². The number of hydrogen-bond donors (Lipinski definition) is 2. The highest BCUT2D eigenvalue weighted by molar-refractivity contribution is 5.65. The molecule has 178 valence electrons. The molecule has 0 saturated heterocycles. The van der Waals surface area contributed by atoms with Crippen LogP contribution in [-0.4, -0.2) is 22.3 Å². The van der Waals surface area contributed by atoms with E-state index in [9.17, 15) is 4.79 Å². The van der Waals surface area contributed by atoms with Crippen LogP contribution in [0.3, 0.4) is 0 Å². The molecular weight excluding hydrogens is 364 g/mol. The summed E-state index contributed by atoms with van der Waals surface area (Å²) >= 11 is 0. The number of nitrogens with zero attached hydrogens (tertiary/aromatic N) is 1. The highest BCUT2D eigenvalue weighted by Gasteiger charge is 2.53. The Morgan fingerprint density at radius 1 is 0.966 bits per heavy atom. The van der Waals surface area contributed by atoms with Gasteiger partial charge in [0.05, 0.1) is 0 Å². The maximum atomic E-state index is 11.2. The normalized spacial score (nSPS) is 49.5. The molecule has 0 heterocycles. The predicted molar refractivity (Wildman–Crippen MR) is 128 cm³/mol. The number of rotatable bonds is 2. The molecule has 8 fully saturated rings. The van der Waals surface area contributed by atoms with E-state index >= 15 is 0 Å². The lowest BCUT2D eigenvalue weighted by molar-refractivity contribution is -0.124. The first-order valence-corrected chi connectivity index (χ1v) is 11.0. The van der Waals surface area contributed by atoms with Crippen molar-refractivity contribution < 1.29 is 36.8 Å². The van der Waals surface area contributed by atoms with E-state index in [4.69, 9.17) is 33.6 Å². The van der Waals surface area contributed by atoms with E-state index in [-0.39, 0.29) is 18.6 Å². The van der Waals surface area contributed by atoms with Crippen LogP contribution in [-0.2, 0) is 4.74 Å². The molecule has 8 rings (SSSR count). The van der Waals surface area contributed by atoms with Crippen molar-refractivity contribution in [2.45, 2.75) is 103 Å². The molecule has 8 aliphatic carbocycles. The van der Waals surface area contributed by atoms with Gasteiger partial charge in [0.25, 0.3) is 7.69 Å². The van der Waals surface area contributed by atoms with Crippen LogP contribution in [0.25, 0.3) is 1.43 Å². The maximum Gasteiger partial charge on any atom is 0.405 e. The van der Waals surface area contributed by atoms with Gasteiger partial charge in [-0.25, -0.2) is 4.79 Å². The number of carboxylic acid groups (broad SMARTS) is 1. The summed E-state index contributed by atoms with van der Waals surface area (Å²) in [6, 6.07) is 0. The van der Waals surface area contributed by atoms with Gasteiger partial charge in [0.1, 0.15) is 5.60 Å². The Kier molecular flexibility index (Phi) is 3.61. The monoisotopic (exact) mass is 435 g/mol. The van der Waals surface area contributed by atoms with Crippen LogP contribution in [0.15, 0.2) is 0 Å². The molecule has 5 nitrogen and oxygen atoms in total. The fraction of sp³-hybridized carbons (Fsp3) is 0.917. The van der Waals surface area contributed by atoms with Crippen LogP contribution >= 0.6 is 0 Å². The van der Waals surface area contributed by atoms with Crippen LogP contribution in [0.4, 0.5) is 4.79 Å². The van der Waals surface area contributed by atoms with Crippen molar-refractivity contribution in [1.29, 1.82) is 6.69 Å². The standard InChI is InChI=1S/C11H17NO2.C11H15NO.2CH4.7H2/c13-10(14)12-11-4-7-1-8(5-11)3-9(2-7)6-11;12-7-13-11-4-8-1-9(5-11)3-10(2-8)6-11;;;;;;;;;/h7-9,12H,1-6H2,(H,13,14);8-10H,1-6H2;2*1H4;7*1H/i;;1D;;7*1+1D/hD. The van der Waals surface area contributed by atoms with Crippen LogP contribution in [0.1, 0.15) is 114 Å². The minimum absolute atomic E-state index is 0. The Balaban J connectivity index is -0.000000163. The summed E-state index contributed by atoms with van der Waals surface area (Å²) in [5.41, 5.74) is -0.0314. The van der Waals surface area contributed by atoms with Crippen molar-refractivity contribution in [2.24, 2.45) is 35.5 Å². The summed E-state index contributed by atoms with van der Waals surface area (Å²) in [7, 11) is 1.25. The molecule has 0 spiro atoms. The molecule has 29 heavy (non-hydrogen) atoms. The van der Waals surface area contributed by atoms with E-state index in [1.165, 1.54) is 45.9 Å². The molecular formula is C24H54N2O3. The lowest BCUT2D eigenvalue weighted by Gasteiger charge is -2.56. The first kappa shape index (κ1) is 13.1. The Morgan fingerprint density at radius 3 is 1.69 bits per heavy atom. The Labute approximate surface area is 201 Å². The molecule has 0 aromatic carbocycles. The first-order chi connectivity index (χ1) is 21.5. The molecule has 8 aliphatic rings. The maximum absolute atomic E-state index is 11.2. The van der Waals surface area contributed by atoms with Crippen molar-refractivity contribution >= 4 is 6.09 Å². The van der Waals surface area contributed by atoms with E-state index < -0.39 is 6.09 Å². The molecule has 2 N–H and O–H groups in total. The number of amides is 1. The summed E-state index contributed by atoms with van der Waals surface area (Å²) in [5.74, 6) is 5.05. The van der Waals surface area contributed by atoms with Gasteiger partial charge < -0.3 is 15.2 Å². The van der Waals surface area contributed by atoms with Gasteiger partial charge >= 0.3 is 6.09 Å². The average molecular weight is 435 g/mol. The van der Waals surface area contributed by atoms with Gasteiger partial charge in [-0.3, -0.25) is 0 Å². The molecule has 0 radical (unpaired) electrons. The summed E-state index contributed by atoms with van der Waals surface area (Å²) in [6.45, 7) is 0. The van der Waals surface area contributed by atoms with Crippen LogP contribution < -0.4 is 5.32 Å². The van der Waals surface area contributed by atoms with E-state index in [0.29, 0.717) is 0 Å². The third-order valence-electron chi connectivity index (χ3n) is 8.65. The summed E-state index contributed by atoms with van der Waals surface area (Å²) in [4.78, 5) is 11.2. The van der Waals surface area contributed by atoms with E-state index in [0.717, 1.165) is 74.0 Å². The zero-order valence-corrected chi connectivity index (χ0v) is 17.1. The van der Waals surface area contributed by atoms with Crippen LogP contribution in [0, 0.1) is 47.0 Å². The SMILES string of the molecule is C.N#COC12CC3CC(CC(C3)C1)C2.[2H]C.[2H]OC(=O)NC12CC3CC(CC(C3)C1)C2.[2H][2H].[2H][2H].[2H][2H].[2H][2H].[2H][2H].[2H][2H].[2H][2H]. The average Bonchev–Trinajstić information content (AvgIpc) is 3.07. The zero-order chi connectivity index (χ0) is 35.4. The van der Waals surface area contributed by atoms with E-state index in [1.54, 1.807) is 0 Å². The minimum atomic E-state index is -0.572. The predicted octanol–water partition coefficient (Wildman–Crippen LogP) is 7.67. The number of carbonyl (C=O) groups is 1. The third-order valence-corrected chi connectivity index (χ3v) is 8.65. The number of ether oxygens (including phenoxy) is 1. The Morgan fingerprint density at radius 2 is 1.34 bits per heavy atom. The lowest BCUT2D eigenvalue weighted by Crippen LogP contribution is -2.59. The molecule has 5 heteroatoms. The highest BCUT2D eigenvalue weighted by Crippen LogP contribution is 2.57. The molecule has 0 unspecified atom stereocenters. The van der Waals surface area contributed by atoms with E-state index in [2.05, 4.69) is 10.4 Å². The largest absolute Gasteiger partial charge is 0.465 e. The van der Waals surface area contributed by atoms with Crippen molar-refractivity contribution in [2.75, 3.05) is 0 Å². The molecule has 8 saturated carbocycles. The third kappa shape index (κ3) is 4.23. The van der Waals surface area contributed by atoms with Crippen molar-refractivity contribution in [3.8, 4) is 6.26 Å². The second-order valence-corrected chi connectivity index (χ2v) is 10.9. The summed E-state index contributed by atoms with van der Waals surface area (Å²) in [5, 5.41) is 15.6. The Hall–Kier alpha value is -1.44. The number of hydrogen-bond acceptors (Lipinski definition) is 4. The smallest absolute Gasteiger partial charge is 0.405 e. The molecule has 0 atom stereocenters. The van der Waals surface area contributed by atoms with Gasteiger partial charge in [-0.05, 0) is 113 Å². The van der Waals surface area contributed by atoms with Gasteiger partial charge in [-0.1, -0.05) is 14.8 Å². The first-order valence-electron chi connectivity index (χ1n) is 19.4. The zero-order valence-electron chi connectivity index (χ0n) is 33.1. The number of nitriles is 1. The highest BCUT2D eigenvalue weighted by atomic mass is 16.5. The van der Waals surface area contributed by atoms with Gasteiger partial charge in [0.15, 0.2) is 0 Å². The molecule has 8 bridgehead atoms. The molecule has 0 aliphatic heterocycles. The second-order valence-electron chi connectivity index (χ2n) is 10.9. The number of nitrogens with one attached hydrogen (secondary N) is 1. The van der Waals surface area contributed by atoms with Gasteiger partial charge in [0, 0.05) is 27.7 Å². The minimum Gasteiger partial charge on any atom is -0.465 e. The van der Waals surface area contributed by atoms with E-state index in [1.807, 2.05) is 6.26 Å². The molecule has 0 aromatic rings. The van der Waals surface area contributed by atoms with Crippen LogP contribution in [0.5, 0.6) is 0 Å². The van der Waals surface area contributed by atoms with Crippen molar-refractivity contribution in [3.05, 3.63) is 0 Å². The molecule has 0 aromatic heterocycles. The fourth-order valence-electron chi connectivity index (χ4n) is 8.73. The van der Waals surface area contributed by atoms with Gasteiger partial charge in [0.2, 0.25) is 0 Å². The lowest BCUT2D eigenvalue weighted by atomic mass is 9.53. The topological polar surface area (TPSA) is 82.3 Å². The van der Waals surface area contributed by atoms with Crippen LogP contribution in [0.2, 0.25) is 0 Å². The molecule has 1 amide bonds. The Bertz CT molecular complexity index is 639. The van der Waals surface area contributed by atoms with Gasteiger partial charge in [-0.15, -0.1) is 0 Å². The second kappa shape index (κ2) is 8.00. The quantitative estimate of drug-likeness (QED) is 0.437.